The van der Waals surface area contributed by atoms with E-state index in [1.165, 1.54) is 0 Å². The molecule has 2 aromatic heterocycles. The van der Waals surface area contributed by atoms with Gasteiger partial charge in [0.1, 0.15) is 12.2 Å². The number of hydrogen-bond acceptors (Lipinski definition) is 3. The van der Waals surface area contributed by atoms with Gasteiger partial charge in [-0.3, -0.25) is 9.78 Å². The number of carbonyl (C=O) groups is 1. The summed E-state index contributed by atoms with van der Waals surface area (Å²) in [7, 11) is 0. The third-order valence-corrected chi connectivity index (χ3v) is 2.34. The van der Waals surface area contributed by atoms with Crippen molar-refractivity contribution in [2.24, 2.45) is 0 Å². The van der Waals surface area contributed by atoms with E-state index >= 15 is 0 Å². The summed E-state index contributed by atoms with van der Waals surface area (Å²) in [6, 6.07) is 4.88. The molecular weight excluding hydrogens is 221 g/mol. The number of aromatic nitrogens is 2. The maximum Gasteiger partial charge on any atom is 0.272 e. The molecule has 0 bridgehead atoms. The van der Waals surface area contributed by atoms with E-state index in [0.29, 0.717) is 5.52 Å². The van der Waals surface area contributed by atoms with E-state index < -0.39 is 18.6 Å². The smallest absolute Gasteiger partial charge is 0.272 e. The van der Waals surface area contributed by atoms with Gasteiger partial charge in [-0.1, -0.05) is 6.07 Å². The lowest BCUT2D eigenvalue weighted by atomic mass is 10.2. The van der Waals surface area contributed by atoms with Crippen molar-refractivity contribution in [3.05, 3.63) is 36.3 Å². The molecule has 2 rings (SSSR count). The first-order valence-corrected chi connectivity index (χ1v) is 5.29. The summed E-state index contributed by atoms with van der Waals surface area (Å²) in [6.07, 6.45) is 3.14. The van der Waals surface area contributed by atoms with Gasteiger partial charge in [-0.15, -0.1) is 0 Å². The molecule has 0 aliphatic carbocycles. The Bertz CT molecular complexity index is 539. The second-order valence-electron chi connectivity index (χ2n) is 3.76. The number of fused-ring (bicyclic) bond motifs is 1. The fourth-order valence-electron chi connectivity index (χ4n) is 1.50. The van der Waals surface area contributed by atoms with E-state index in [9.17, 15) is 9.18 Å². The van der Waals surface area contributed by atoms with Crippen LogP contribution in [0.5, 0.6) is 0 Å². The quantitative estimate of drug-likeness (QED) is 0.878. The molecule has 17 heavy (non-hydrogen) atoms. The third-order valence-electron chi connectivity index (χ3n) is 2.34. The minimum Gasteiger partial charge on any atom is -0.346 e. The third kappa shape index (κ3) is 2.38. The molecule has 0 aromatic carbocycles. The molecule has 0 saturated carbocycles. The zero-order valence-corrected chi connectivity index (χ0v) is 9.35. The first-order valence-electron chi connectivity index (χ1n) is 5.29. The largest absolute Gasteiger partial charge is 0.346 e. The van der Waals surface area contributed by atoms with E-state index in [1.54, 1.807) is 31.5 Å². The Morgan fingerprint density at radius 3 is 3.00 bits per heavy atom. The maximum absolute atomic E-state index is 12.3. The summed E-state index contributed by atoms with van der Waals surface area (Å²) in [5.41, 5.74) is 0.752. The van der Waals surface area contributed by atoms with Gasteiger partial charge in [-0.2, -0.15) is 0 Å². The maximum atomic E-state index is 12.3. The highest BCUT2D eigenvalue weighted by atomic mass is 19.1. The van der Waals surface area contributed by atoms with Crippen LogP contribution in [0.3, 0.4) is 0 Å². The lowest BCUT2D eigenvalue weighted by Crippen LogP contribution is -2.34. The molecule has 5 heteroatoms. The number of nitrogens with one attached hydrogen (secondary N) is 1. The summed E-state index contributed by atoms with van der Waals surface area (Å²) in [6.45, 7) is 0.987. The molecule has 4 nitrogen and oxygen atoms in total. The molecule has 0 aliphatic heterocycles. The molecule has 0 unspecified atom stereocenters. The van der Waals surface area contributed by atoms with Gasteiger partial charge >= 0.3 is 0 Å². The monoisotopic (exact) mass is 233 g/mol. The SMILES string of the molecule is C[C@@H](CF)NC(=O)c1nccc2cccnc12. The fourth-order valence-corrected chi connectivity index (χ4v) is 1.50. The van der Waals surface area contributed by atoms with E-state index in [1.807, 2.05) is 6.07 Å². The van der Waals surface area contributed by atoms with Crippen LogP contribution in [0.2, 0.25) is 0 Å². The van der Waals surface area contributed by atoms with Gasteiger partial charge in [0.15, 0.2) is 5.69 Å². The normalized spacial score (nSPS) is 12.4. The lowest BCUT2D eigenvalue weighted by molar-refractivity contribution is 0.0931. The highest BCUT2D eigenvalue weighted by Crippen LogP contribution is 2.13. The zero-order chi connectivity index (χ0) is 12.3. The molecule has 0 saturated heterocycles. The van der Waals surface area contributed by atoms with Crippen molar-refractivity contribution in [1.82, 2.24) is 15.3 Å². The summed E-state index contributed by atoms with van der Waals surface area (Å²) in [4.78, 5) is 20.0. The van der Waals surface area contributed by atoms with Gasteiger partial charge in [-0.05, 0) is 19.1 Å². The Kier molecular flexibility index (Phi) is 3.27. The van der Waals surface area contributed by atoms with Crippen LogP contribution in [0.4, 0.5) is 4.39 Å². The number of hydrogen-bond donors (Lipinski definition) is 1. The van der Waals surface area contributed by atoms with Crippen molar-refractivity contribution in [3.8, 4) is 0 Å². The van der Waals surface area contributed by atoms with Crippen molar-refractivity contribution in [1.29, 1.82) is 0 Å². The van der Waals surface area contributed by atoms with Crippen molar-refractivity contribution < 1.29 is 9.18 Å². The molecule has 0 radical (unpaired) electrons. The second-order valence-corrected chi connectivity index (χ2v) is 3.76. The van der Waals surface area contributed by atoms with Crippen LogP contribution in [0.25, 0.3) is 10.9 Å². The first kappa shape index (κ1) is 11.4. The first-order chi connectivity index (χ1) is 8.22. The summed E-state index contributed by atoms with van der Waals surface area (Å²) >= 11 is 0. The molecule has 2 aromatic rings. The average Bonchev–Trinajstić information content (AvgIpc) is 2.37. The zero-order valence-electron chi connectivity index (χ0n) is 9.35. The van der Waals surface area contributed by atoms with Crippen molar-refractivity contribution >= 4 is 16.8 Å². The fraction of sp³-hybridized carbons (Fsp3) is 0.250. The molecule has 0 fully saturated rings. The van der Waals surface area contributed by atoms with Gasteiger partial charge in [0, 0.05) is 17.8 Å². The molecule has 1 N–H and O–H groups in total. The van der Waals surface area contributed by atoms with Gasteiger partial charge < -0.3 is 5.32 Å². The van der Waals surface area contributed by atoms with Crippen LogP contribution >= 0.6 is 0 Å². The number of alkyl halides is 1. The van der Waals surface area contributed by atoms with E-state index in [4.69, 9.17) is 0 Å². The predicted molar refractivity (Wildman–Crippen MR) is 62.4 cm³/mol. The van der Waals surface area contributed by atoms with Crippen LogP contribution in [0.15, 0.2) is 30.6 Å². The predicted octanol–water partition coefficient (Wildman–Crippen LogP) is 1.72. The van der Waals surface area contributed by atoms with Crippen molar-refractivity contribution in [3.63, 3.8) is 0 Å². The van der Waals surface area contributed by atoms with Crippen LogP contribution in [0.1, 0.15) is 17.4 Å². The van der Waals surface area contributed by atoms with Gasteiger partial charge in [-0.25, -0.2) is 9.37 Å². The topological polar surface area (TPSA) is 54.9 Å². The summed E-state index contributed by atoms with van der Waals surface area (Å²) in [5, 5.41) is 3.36. The Balaban J connectivity index is 2.38. The Hall–Kier alpha value is -2.04. The van der Waals surface area contributed by atoms with Crippen molar-refractivity contribution in [2.75, 3.05) is 6.67 Å². The number of halogens is 1. The summed E-state index contributed by atoms with van der Waals surface area (Å²) < 4.78 is 12.3. The van der Waals surface area contributed by atoms with Crippen LogP contribution in [-0.2, 0) is 0 Å². The van der Waals surface area contributed by atoms with Gasteiger partial charge in [0.25, 0.3) is 5.91 Å². The Morgan fingerprint density at radius 1 is 1.41 bits per heavy atom. The van der Waals surface area contributed by atoms with Crippen molar-refractivity contribution in [2.45, 2.75) is 13.0 Å². The van der Waals surface area contributed by atoms with Crippen LogP contribution < -0.4 is 5.32 Å². The van der Waals surface area contributed by atoms with Crippen LogP contribution in [-0.4, -0.2) is 28.6 Å². The minimum atomic E-state index is -0.607. The molecule has 1 atom stereocenters. The van der Waals surface area contributed by atoms with Gasteiger partial charge in [0.05, 0.1) is 6.04 Å². The van der Waals surface area contributed by atoms with E-state index in [-0.39, 0.29) is 5.69 Å². The molecule has 1 amide bonds. The highest BCUT2D eigenvalue weighted by Gasteiger charge is 2.14. The van der Waals surface area contributed by atoms with Crippen LogP contribution in [0, 0.1) is 0 Å². The molecule has 0 aliphatic rings. The minimum absolute atomic E-state index is 0.225. The Labute approximate surface area is 97.9 Å². The average molecular weight is 233 g/mol. The number of rotatable bonds is 3. The molecule has 0 spiro atoms. The molecular formula is C12H12FN3O. The van der Waals surface area contributed by atoms with Gasteiger partial charge in [0.2, 0.25) is 0 Å². The van der Waals surface area contributed by atoms with E-state index in [2.05, 4.69) is 15.3 Å². The highest BCUT2D eigenvalue weighted by molar-refractivity contribution is 6.03. The second kappa shape index (κ2) is 4.86. The van der Waals surface area contributed by atoms with E-state index in [0.717, 1.165) is 5.39 Å². The molecule has 88 valence electrons. The Morgan fingerprint density at radius 2 is 2.24 bits per heavy atom. The standard InChI is InChI=1S/C12H12FN3O/c1-8(7-13)16-12(17)11-10-9(4-6-15-11)3-2-5-14-10/h2-6,8H,7H2,1H3,(H,16,17)/t8-/m0/s1. The number of carbonyl (C=O) groups excluding carboxylic acids is 1. The number of pyridine rings is 2. The number of nitrogens with zero attached hydrogens (tertiary/aromatic N) is 2. The molecule has 2 heterocycles. The number of amides is 1. The summed E-state index contributed by atoms with van der Waals surface area (Å²) in [5.74, 6) is -0.403. The lowest BCUT2D eigenvalue weighted by Gasteiger charge is -2.10.